The number of fused-ring (bicyclic) bond motifs is 1. The van der Waals surface area contributed by atoms with Gasteiger partial charge in [0.2, 0.25) is 5.91 Å². The van der Waals surface area contributed by atoms with Crippen LogP contribution in [0.5, 0.6) is 0 Å². The standard InChI is InChI=1S/C16H19NOS/c1-3-12(2)17-16(18)11-19-15-9-8-13-6-4-5-7-14(13)10-15/h4-10,12H,3,11H2,1-2H3,(H,17,18)/t12-/m1/s1. The maximum atomic E-state index is 11.7. The van der Waals surface area contributed by atoms with Gasteiger partial charge in [-0.1, -0.05) is 37.3 Å². The molecule has 0 unspecified atom stereocenters. The number of carbonyl (C=O) groups excluding carboxylic acids is 1. The van der Waals surface area contributed by atoms with Gasteiger partial charge in [-0.15, -0.1) is 11.8 Å². The van der Waals surface area contributed by atoms with E-state index in [4.69, 9.17) is 0 Å². The molecule has 0 saturated carbocycles. The Balaban J connectivity index is 1.96. The third-order valence-electron chi connectivity index (χ3n) is 3.11. The van der Waals surface area contributed by atoms with Gasteiger partial charge in [-0.2, -0.15) is 0 Å². The Kier molecular flexibility index (Phi) is 4.86. The topological polar surface area (TPSA) is 29.1 Å². The summed E-state index contributed by atoms with van der Waals surface area (Å²) in [6.45, 7) is 4.10. The monoisotopic (exact) mass is 273 g/mol. The molecule has 1 atom stereocenters. The van der Waals surface area contributed by atoms with E-state index in [-0.39, 0.29) is 11.9 Å². The highest BCUT2D eigenvalue weighted by molar-refractivity contribution is 8.00. The van der Waals surface area contributed by atoms with Crippen molar-refractivity contribution in [2.75, 3.05) is 5.75 Å². The van der Waals surface area contributed by atoms with E-state index in [1.165, 1.54) is 10.8 Å². The first kappa shape index (κ1) is 13.9. The van der Waals surface area contributed by atoms with E-state index in [9.17, 15) is 4.79 Å². The molecule has 0 aromatic heterocycles. The molecule has 3 heteroatoms. The highest BCUT2D eigenvalue weighted by Gasteiger charge is 2.06. The van der Waals surface area contributed by atoms with Gasteiger partial charge in [-0.3, -0.25) is 4.79 Å². The van der Waals surface area contributed by atoms with Crippen LogP contribution in [0.2, 0.25) is 0 Å². The van der Waals surface area contributed by atoms with Gasteiger partial charge in [0.1, 0.15) is 0 Å². The van der Waals surface area contributed by atoms with Crippen molar-refractivity contribution in [3.63, 3.8) is 0 Å². The van der Waals surface area contributed by atoms with Crippen LogP contribution < -0.4 is 5.32 Å². The maximum absolute atomic E-state index is 11.7. The lowest BCUT2D eigenvalue weighted by atomic mass is 10.1. The van der Waals surface area contributed by atoms with Gasteiger partial charge in [-0.25, -0.2) is 0 Å². The fourth-order valence-corrected chi connectivity index (χ4v) is 2.58. The van der Waals surface area contributed by atoms with Gasteiger partial charge in [0.05, 0.1) is 5.75 Å². The molecule has 100 valence electrons. The van der Waals surface area contributed by atoms with Crippen LogP contribution in [0.1, 0.15) is 20.3 Å². The molecular weight excluding hydrogens is 254 g/mol. The minimum atomic E-state index is 0.104. The van der Waals surface area contributed by atoms with E-state index >= 15 is 0 Å². The molecule has 0 fully saturated rings. The van der Waals surface area contributed by atoms with Crippen LogP contribution in [0, 0.1) is 0 Å². The molecule has 2 aromatic carbocycles. The van der Waals surface area contributed by atoms with Crippen molar-refractivity contribution >= 4 is 28.4 Å². The summed E-state index contributed by atoms with van der Waals surface area (Å²) in [5.74, 6) is 0.579. The number of carbonyl (C=O) groups is 1. The molecule has 0 aliphatic carbocycles. The number of benzene rings is 2. The van der Waals surface area contributed by atoms with Crippen molar-refractivity contribution in [2.45, 2.75) is 31.2 Å². The second-order valence-corrected chi connectivity index (χ2v) is 5.72. The zero-order valence-corrected chi connectivity index (χ0v) is 12.2. The zero-order valence-electron chi connectivity index (χ0n) is 11.3. The lowest BCUT2D eigenvalue weighted by molar-refractivity contribution is -0.119. The van der Waals surface area contributed by atoms with E-state index < -0.39 is 0 Å². The van der Waals surface area contributed by atoms with Crippen molar-refractivity contribution < 1.29 is 4.79 Å². The maximum Gasteiger partial charge on any atom is 0.230 e. The lowest BCUT2D eigenvalue weighted by Gasteiger charge is -2.11. The third kappa shape index (κ3) is 4.00. The van der Waals surface area contributed by atoms with Crippen LogP contribution in [0.3, 0.4) is 0 Å². The fourth-order valence-electron chi connectivity index (χ4n) is 1.82. The summed E-state index contributed by atoms with van der Waals surface area (Å²) < 4.78 is 0. The molecule has 2 rings (SSSR count). The van der Waals surface area contributed by atoms with Gasteiger partial charge < -0.3 is 5.32 Å². The van der Waals surface area contributed by atoms with Crippen molar-refractivity contribution in [1.29, 1.82) is 0 Å². The molecule has 0 aliphatic heterocycles. The first-order valence-electron chi connectivity index (χ1n) is 6.60. The van der Waals surface area contributed by atoms with Crippen LogP contribution in [-0.2, 0) is 4.79 Å². The molecule has 0 bridgehead atoms. The average Bonchev–Trinajstić information content (AvgIpc) is 2.44. The Morgan fingerprint density at radius 3 is 2.68 bits per heavy atom. The summed E-state index contributed by atoms with van der Waals surface area (Å²) in [4.78, 5) is 12.9. The minimum absolute atomic E-state index is 0.104. The molecule has 0 heterocycles. The largest absolute Gasteiger partial charge is 0.353 e. The molecule has 0 aliphatic rings. The number of rotatable bonds is 5. The van der Waals surface area contributed by atoms with Crippen LogP contribution in [0.25, 0.3) is 10.8 Å². The Morgan fingerprint density at radius 2 is 1.95 bits per heavy atom. The summed E-state index contributed by atoms with van der Waals surface area (Å²) >= 11 is 1.58. The first-order valence-corrected chi connectivity index (χ1v) is 7.58. The van der Waals surface area contributed by atoms with Crippen molar-refractivity contribution in [3.05, 3.63) is 42.5 Å². The molecule has 19 heavy (non-hydrogen) atoms. The quantitative estimate of drug-likeness (QED) is 0.838. The van der Waals surface area contributed by atoms with E-state index in [1.807, 2.05) is 19.1 Å². The highest BCUT2D eigenvalue weighted by atomic mass is 32.2. The van der Waals surface area contributed by atoms with Crippen molar-refractivity contribution in [2.24, 2.45) is 0 Å². The highest BCUT2D eigenvalue weighted by Crippen LogP contribution is 2.23. The second-order valence-electron chi connectivity index (χ2n) is 4.67. The normalized spacial score (nSPS) is 12.3. The smallest absolute Gasteiger partial charge is 0.230 e. The lowest BCUT2D eigenvalue weighted by Crippen LogP contribution is -2.33. The molecule has 0 radical (unpaired) electrons. The molecule has 2 aromatic rings. The van der Waals surface area contributed by atoms with Gasteiger partial charge >= 0.3 is 0 Å². The van der Waals surface area contributed by atoms with E-state index in [1.54, 1.807) is 11.8 Å². The van der Waals surface area contributed by atoms with Gasteiger partial charge in [0.25, 0.3) is 0 Å². The number of amides is 1. The van der Waals surface area contributed by atoms with Crippen molar-refractivity contribution in [3.8, 4) is 0 Å². The van der Waals surface area contributed by atoms with E-state index in [0.717, 1.165) is 11.3 Å². The number of nitrogens with one attached hydrogen (secondary N) is 1. The Morgan fingerprint density at radius 1 is 1.21 bits per heavy atom. The number of hydrogen-bond donors (Lipinski definition) is 1. The van der Waals surface area contributed by atoms with Crippen LogP contribution in [0.4, 0.5) is 0 Å². The summed E-state index contributed by atoms with van der Waals surface area (Å²) in [6, 6.07) is 14.8. The molecule has 2 nitrogen and oxygen atoms in total. The average molecular weight is 273 g/mol. The summed E-state index contributed by atoms with van der Waals surface area (Å²) in [5.41, 5.74) is 0. The summed E-state index contributed by atoms with van der Waals surface area (Å²) in [5, 5.41) is 5.43. The van der Waals surface area contributed by atoms with Crippen LogP contribution >= 0.6 is 11.8 Å². The number of thioether (sulfide) groups is 1. The Labute approximate surface area is 118 Å². The summed E-state index contributed by atoms with van der Waals surface area (Å²) in [7, 11) is 0. The Bertz CT molecular complexity index is 567. The molecular formula is C16H19NOS. The Hall–Kier alpha value is -1.48. The molecule has 0 saturated heterocycles. The second kappa shape index (κ2) is 6.62. The SMILES string of the molecule is CC[C@@H](C)NC(=O)CSc1ccc2ccccc2c1. The van der Waals surface area contributed by atoms with Crippen LogP contribution in [0.15, 0.2) is 47.4 Å². The van der Waals surface area contributed by atoms with E-state index in [2.05, 4.69) is 42.6 Å². The summed E-state index contributed by atoms with van der Waals surface area (Å²) in [6.07, 6.45) is 0.965. The minimum Gasteiger partial charge on any atom is -0.353 e. The number of hydrogen-bond acceptors (Lipinski definition) is 2. The predicted molar refractivity (Wildman–Crippen MR) is 82.6 cm³/mol. The molecule has 1 amide bonds. The van der Waals surface area contributed by atoms with Gasteiger partial charge in [0, 0.05) is 10.9 Å². The molecule has 0 spiro atoms. The molecule has 1 N–H and O–H groups in total. The fraction of sp³-hybridized carbons (Fsp3) is 0.312. The van der Waals surface area contributed by atoms with E-state index in [0.29, 0.717) is 5.75 Å². The zero-order chi connectivity index (χ0) is 13.7. The third-order valence-corrected chi connectivity index (χ3v) is 4.10. The first-order chi connectivity index (χ1) is 9.19. The van der Waals surface area contributed by atoms with Gasteiger partial charge in [-0.05, 0) is 36.2 Å². The predicted octanol–water partition coefficient (Wildman–Crippen LogP) is 3.85. The van der Waals surface area contributed by atoms with Crippen LogP contribution in [-0.4, -0.2) is 17.7 Å². The van der Waals surface area contributed by atoms with Gasteiger partial charge in [0.15, 0.2) is 0 Å². The van der Waals surface area contributed by atoms with Crippen molar-refractivity contribution in [1.82, 2.24) is 5.32 Å².